The van der Waals surface area contributed by atoms with Crippen molar-refractivity contribution in [1.29, 1.82) is 0 Å². The zero-order chi connectivity index (χ0) is 12.1. The van der Waals surface area contributed by atoms with Crippen LogP contribution in [0, 0.1) is 11.7 Å². The van der Waals surface area contributed by atoms with Crippen molar-refractivity contribution in [1.82, 2.24) is 0 Å². The number of nitrogens with two attached hydrogens (primary N) is 1. The summed E-state index contributed by atoms with van der Waals surface area (Å²) in [4.78, 5) is 0. The molecule has 0 fully saturated rings. The average molecular weight is 244 g/mol. The topological polar surface area (TPSA) is 26.0 Å². The van der Waals surface area contributed by atoms with Crippen LogP contribution in [0.1, 0.15) is 32.3 Å². The Labute approximate surface area is 102 Å². The molecule has 0 radical (unpaired) electrons. The molecule has 1 atom stereocenters. The van der Waals surface area contributed by atoms with Crippen molar-refractivity contribution < 1.29 is 4.39 Å². The van der Waals surface area contributed by atoms with Gasteiger partial charge in [0.25, 0.3) is 0 Å². The largest absolute Gasteiger partial charge is 0.327 e. The molecule has 0 bridgehead atoms. The van der Waals surface area contributed by atoms with E-state index >= 15 is 0 Å². The molecule has 3 heteroatoms. The maximum atomic E-state index is 13.2. The first kappa shape index (κ1) is 13.5. The van der Waals surface area contributed by atoms with E-state index in [1.165, 1.54) is 6.07 Å². The Balaban J connectivity index is 2.69. The summed E-state index contributed by atoms with van der Waals surface area (Å²) < 4.78 is 13.2. The highest BCUT2D eigenvalue weighted by Crippen LogP contribution is 2.19. The van der Waals surface area contributed by atoms with Gasteiger partial charge in [-0.1, -0.05) is 44.4 Å². The zero-order valence-electron chi connectivity index (χ0n) is 9.84. The van der Waals surface area contributed by atoms with E-state index in [1.54, 1.807) is 6.07 Å². The minimum atomic E-state index is -0.365. The van der Waals surface area contributed by atoms with Gasteiger partial charge in [0.15, 0.2) is 0 Å². The van der Waals surface area contributed by atoms with Crippen molar-refractivity contribution in [2.45, 2.75) is 39.2 Å². The summed E-state index contributed by atoms with van der Waals surface area (Å²) in [6.07, 6.45) is 2.84. The number of hydrogen-bond donors (Lipinski definition) is 1. The predicted octanol–water partition coefficient (Wildman–Crippen LogP) is 3.79. The lowest BCUT2D eigenvalue weighted by atomic mass is 9.90. The second-order valence-corrected chi connectivity index (χ2v) is 4.60. The highest BCUT2D eigenvalue weighted by Gasteiger charge is 2.14. The van der Waals surface area contributed by atoms with Crippen molar-refractivity contribution in [3.8, 4) is 0 Å². The maximum absolute atomic E-state index is 13.2. The van der Waals surface area contributed by atoms with Crippen LogP contribution in [0.15, 0.2) is 18.2 Å². The van der Waals surface area contributed by atoms with Gasteiger partial charge in [0, 0.05) is 6.04 Å². The standard InChI is InChI=1S/C13H19ClFN/c1-3-10(4-2)13(16)8-9-5-6-11(14)12(15)7-9/h5-7,10,13H,3-4,8,16H2,1-2H3. The maximum Gasteiger partial charge on any atom is 0.142 e. The van der Waals surface area contributed by atoms with Gasteiger partial charge >= 0.3 is 0 Å². The quantitative estimate of drug-likeness (QED) is 0.837. The first-order chi connectivity index (χ1) is 7.58. The van der Waals surface area contributed by atoms with Gasteiger partial charge in [-0.05, 0) is 30.0 Å². The first-order valence-corrected chi connectivity index (χ1v) is 6.15. The molecule has 2 N–H and O–H groups in total. The van der Waals surface area contributed by atoms with Gasteiger partial charge in [-0.15, -0.1) is 0 Å². The van der Waals surface area contributed by atoms with Gasteiger partial charge in [0.05, 0.1) is 5.02 Å². The predicted molar refractivity (Wildman–Crippen MR) is 67.2 cm³/mol. The third-order valence-corrected chi connectivity index (χ3v) is 3.42. The van der Waals surface area contributed by atoms with E-state index < -0.39 is 0 Å². The van der Waals surface area contributed by atoms with Crippen molar-refractivity contribution in [3.63, 3.8) is 0 Å². The fourth-order valence-corrected chi connectivity index (χ4v) is 2.12. The van der Waals surface area contributed by atoms with Gasteiger partial charge in [0.1, 0.15) is 5.82 Å². The Morgan fingerprint density at radius 3 is 2.44 bits per heavy atom. The SMILES string of the molecule is CCC(CC)C(N)Cc1ccc(Cl)c(F)c1. The minimum Gasteiger partial charge on any atom is -0.327 e. The third kappa shape index (κ3) is 3.46. The lowest BCUT2D eigenvalue weighted by Crippen LogP contribution is -2.31. The zero-order valence-corrected chi connectivity index (χ0v) is 10.6. The Morgan fingerprint density at radius 2 is 1.94 bits per heavy atom. The molecule has 0 aromatic heterocycles. The number of benzene rings is 1. The van der Waals surface area contributed by atoms with E-state index in [4.69, 9.17) is 17.3 Å². The summed E-state index contributed by atoms with van der Waals surface area (Å²) in [7, 11) is 0. The Hall–Kier alpha value is -0.600. The van der Waals surface area contributed by atoms with E-state index in [2.05, 4.69) is 13.8 Å². The van der Waals surface area contributed by atoms with E-state index in [0.29, 0.717) is 12.3 Å². The molecule has 0 saturated carbocycles. The van der Waals surface area contributed by atoms with Crippen LogP contribution in [0.4, 0.5) is 4.39 Å². The molecule has 0 saturated heterocycles. The molecule has 0 aliphatic rings. The molecule has 16 heavy (non-hydrogen) atoms. The fourth-order valence-electron chi connectivity index (χ4n) is 2.00. The molecule has 0 aliphatic heterocycles. The summed E-state index contributed by atoms with van der Waals surface area (Å²) in [5.74, 6) is 0.134. The number of rotatable bonds is 5. The molecular formula is C13H19ClFN. The highest BCUT2D eigenvalue weighted by atomic mass is 35.5. The van der Waals surface area contributed by atoms with Gasteiger partial charge in [-0.25, -0.2) is 4.39 Å². The summed E-state index contributed by atoms with van der Waals surface area (Å²) in [6.45, 7) is 4.27. The second-order valence-electron chi connectivity index (χ2n) is 4.19. The second kappa shape index (κ2) is 6.21. The van der Waals surface area contributed by atoms with Crippen LogP contribution >= 0.6 is 11.6 Å². The van der Waals surface area contributed by atoms with Crippen LogP contribution in [0.2, 0.25) is 5.02 Å². The van der Waals surface area contributed by atoms with E-state index in [0.717, 1.165) is 18.4 Å². The smallest absolute Gasteiger partial charge is 0.142 e. The van der Waals surface area contributed by atoms with E-state index in [1.807, 2.05) is 6.07 Å². The van der Waals surface area contributed by atoms with Crippen molar-refractivity contribution in [2.24, 2.45) is 11.7 Å². The minimum absolute atomic E-state index is 0.0931. The van der Waals surface area contributed by atoms with Crippen molar-refractivity contribution in [2.75, 3.05) is 0 Å². The molecule has 0 heterocycles. The number of hydrogen-bond acceptors (Lipinski definition) is 1. The third-order valence-electron chi connectivity index (χ3n) is 3.11. The molecule has 0 aliphatic carbocycles. The van der Waals surface area contributed by atoms with Gasteiger partial charge in [0.2, 0.25) is 0 Å². The monoisotopic (exact) mass is 243 g/mol. The molecule has 0 amide bonds. The molecule has 1 nitrogen and oxygen atoms in total. The van der Waals surface area contributed by atoms with Crippen LogP contribution in [0.25, 0.3) is 0 Å². The molecular weight excluding hydrogens is 225 g/mol. The highest BCUT2D eigenvalue weighted by molar-refractivity contribution is 6.30. The van der Waals surface area contributed by atoms with Crippen LogP contribution in [0.3, 0.4) is 0 Å². The molecule has 1 rings (SSSR count). The Bertz CT molecular complexity index is 337. The van der Waals surface area contributed by atoms with E-state index in [9.17, 15) is 4.39 Å². The Kier molecular flexibility index (Phi) is 5.23. The lowest BCUT2D eigenvalue weighted by molar-refractivity contribution is 0.393. The first-order valence-electron chi connectivity index (χ1n) is 5.78. The molecule has 90 valence electrons. The van der Waals surface area contributed by atoms with Crippen LogP contribution in [0.5, 0.6) is 0 Å². The summed E-state index contributed by atoms with van der Waals surface area (Å²) in [6, 6.07) is 5.00. The summed E-state index contributed by atoms with van der Waals surface area (Å²) in [5, 5.41) is 0.167. The summed E-state index contributed by atoms with van der Waals surface area (Å²) in [5.41, 5.74) is 7.02. The van der Waals surface area contributed by atoms with Crippen LogP contribution in [-0.2, 0) is 6.42 Å². The fraction of sp³-hybridized carbons (Fsp3) is 0.538. The van der Waals surface area contributed by atoms with Gasteiger partial charge in [-0.2, -0.15) is 0 Å². The van der Waals surface area contributed by atoms with E-state index in [-0.39, 0.29) is 16.9 Å². The molecule has 1 unspecified atom stereocenters. The summed E-state index contributed by atoms with van der Waals surface area (Å²) >= 11 is 5.63. The van der Waals surface area contributed by atoms with Crippen LogP contribution in [-0.4, -0.2) is 6.04 Å². The lowest BCUT2D eigenvalue weighted by Gasteiger charge is -2.21. The molecule has 0 spiro atoms. The Morgan fingerprint density at radius 1 is 1.31 bits per heavy atom. The number of halogens is 2. The average Bonchev–Trinajstić information content (AvgIpc) is 2.25. The molecule has 1 aromatic rings. The van der Waals surface area contributed by atoms with Gasteiger partial charge < -0.3 is 5.73 Å². The van der Waals surface area contributed by atoms with Crippen molar-refractivity contribution >= 4 is 11.6 Å². The van der Waals surface area contributed by atoms with Crippen molar-refractivity contribution in [3.05, 3.63) is 34.6 Å². The van der Waals surface area contributed by atoms with Crippen LogP contribution < -0.4 is 5.73 Å². The normalized spacial score (nSPS) is 13.1. The molecule has 1 aromatic carbocycles. The van der Waals surface area contributed by atoms with Gasteiger partial charge in [-0.3, -0.25) is 0 Å².